The Morgan fingerprint density at radius 2 is 2.11 bits per heavy atom. The summed E-state index contributed by atoms with van der Waals surface area (Å²) >= 11 is 0. The van der Waals surface area contributed by atoms with E-state index in [2.05, 4.69) is 46.4 Å². The SMILES string of the molecule is CNc1ncnc(NCC2CCCN2C)c1C(C)C. The van der Waals surface area contributed by atoms with Crippen LogP contribution in [-0.4, -0.2) is 48.1 Å². The number of nitrogens with zero attached hydrogens (tertiary/aromatic N) is 3. The molecule has 1 aromatic heterocycles. The molecule has 0 bridgehead atoms. The summed E-state index contributed by atoms with van der Waals surface area (Å²) in [5.41, 5.74) is 1.17. The molecular weight excluding hydrogens is 238 g/mol. The predicted molar refractivity (Wildman–Crippen MR) is 79.8 cm³/mol. The zero-order valence-electron chi connectivity index (χ0n) is 12.4. The third-order valence-corrected chi connectivity index (χ3v) is 3.87. The lowest BCUT2D eigenvalue weighted by Gasteiger charge is -2.22. The molecule has 5 nitrogen and oxygen atoms in total. The van der Waals surface area contributed by atoms with Crippen molar-refractivity contribution in [1.29, 1.82) is 0 Å². The van der Waals surface area contributed by atoms with E-state index in [-0.39, 0.29) is 0 Å². The first-order chi connectivity index (χ1) is 9.13. The Bertz CT molecular complexity index is 418. The first-order valence-electron chi connectivity index (χ1n) is 7.10. The van der Waals surface area contributed by atoms with Gasteiger partial charge in [0.1, 0.15) is 18.0 Å². The van der Waals surface area contributed by atoms with E-state index in [0.717, 1.165) is 18.2 Å². The summed E-state index contributed by atoms with van der Waals surface area (Å²) in [6.45, 7) is 6.50. The van der Waals surface area contributed by atoms with Crippen LogP contribution < -0.4 is 10.6 Å². The molecule has 2 rings (SSSR count). The van der Waals surface area contributed by atoms with Gasteiger partial charge in [-0.15, -0.1) is 0 Å². The van der Waals surface area contributed by atoms with E-state index in [1.165, 1.54) is 24.9 Å². The van der Waals surface area contributed by atoms with E-state index in [0.29, 0.717) is 12.0 Å². The highest BCUT2D eigenvalue weighted by Gasteiger charge is 2.21. The fourth-order valence-electron chi connectivity index (χ4n) is 2.73. The van der Waals surface area contributed by atoms with Crippen LogP contribution >= 0.6 is 0 Å². The highest BCUT2D eigenvalue weighted by atomic mass is 15.2. The van der Waals surface area contributed by atoms with Crippen LogP contribution in [0.5, 0.6) is 0 Å². The Hall–Kier alpha value is -1.36. The van der Waals surface area contributed by atoms with Crippen LogP contribution in [-0.2, 0) is 0 Å². The summed E-state index contributed by atoms with van der Waals surface area (Å²) in [5.74, 6) is 2.29. The topological polar surface area (TPSA) is 53.1 Å². The van der Waals surface area contributed by atoms with E-state index in [1.807, 2.05) is 7.05 Å². The Morgan fingerprint density at radius 1 is 1.37 bits per heavy atom. The monoisotopic (exact) mass is 263 g/mol. The van der Waals surface area contributed by atoms with Gasteiger partial charge in [0.2, 0.25) is 0 Å². The average molecular weight is 263 g/mol. The summed E-state index contributed by atoms with van der Waals surface area (Å²) in [5, 5.41) is 6.66. The smallest absolute Gasteiger partial charge is 0.135 e. The molecule has 19 heavy (non-hydrogen) atoms. The number of hydrogen-bond acceptors (Lipinski definition) is 5. The van der Waals surface area contributed by atoms with E-state index < -0.39 is 0 Å². The molecule has 1 saturated heterocycles. The van der Waals surface area contributed by atoms with Gasteiger partial charge < -0.3 is 15.5 Å². The minimum atomic E-state index is 0.396. The molecule has 1 aromatic rings. The molecule has 0 amide bonds. The molecule has 5 heteroatoms. The molecule has 1 aliphatic rings. The second-order valence-corrected chi connectivity index (χ2v) is 5.55. The number of aromatic nitrogens is 2. The minimum Gasteiger partial charge on any atom is -0.373 e. The Kier molecular flexibility index (Phi) is 4.58. The average Bonchev–Trinajstić information content (AvgIpc) is 2.81. The lowest BCUT2D eigenvalue weighted by molar-refractivity contribution is 0.322. The van der Waals surface area contributed by atoms with Crippen LogP contribution in [0, 0.1) is 0 Å². The largest absolute Gasteiger partial charge is 0.373 e. The number of hydrogen-bond donors (Lipinski definition) is 2. The van der Waals surface area contributed by atoms with Crippen molar-refractivity contribution in [1.82, 2.24) is 14.9 Å². The van der Waals surface area contributed by atoms with Crippen molar-refractivity contribution in [3.8, 4) is 0 Å². The van der Waals surface area contributed by atoms with Gasteiger partial charge in [-0.25, -0.2) is 9.97 Å². The normalized spacial score (nSPS) is 19.9. The standard InChI is InChI=1S/C14H25N5/c1-10(2)12-13(15-3)17-9-18-14(12)16-8-11-6-5-7-19(11)4/h9-11H,5-8H2,1-4H3,(H2,15,16,17,18). The Labute approximate surface area is 115 Å². The molecule has 0 saturated carbocycles. The van der Waals surface area contributed by atoms with Gasteiger partial charge in [-0.3, -0.25) is 0 Å². The predicted octanol–water partition coefficient (Wildman–Crippen LogP) is 2.15. The number of anilines is 2. The van der Waals surface area contributed by atoms with Gasteiger partial charge in [-0.05, 0) is 32.4 Å². The van der Waals surface area contributed by atoms with Crippen LogP contribution in [0.15, 0.2) is 6.33 Å². The van der Waals surface area contributed by atoms with Crippen molar-refractivity contribution >= 4 is 11.6 Å². The molecule has 0 aliphatic carbocycles. The van der Waals surface area contributed by atoms with Crippen LogP contribution in [0.4, 0.5) is 11.6 Å². The van der Waals surface area contributed by atoms with Crippen molar-refractivity contribution in [3.05, 3.63) is 11.9 Å². The quantitative estimate of drug-likeness (QED) is 0.852. The zero-order valence-corrected chi connectivity index (χ0v) is 12.4. The molecule has 0 aromatic carbocycles. The van der Waals surface area contributed by atoms with E-state index in [1.54, 1.807) is 6.33 Å². The number of nitrogens with one attached hydrogen (secondary N) is 2. The summed E-state index contributed by atoms with van der Waals surface area (Å²) in [6.07, 6.45) is 4.19. The summed E-state index contributed by atoms with van der Waals surface area (Å²) in [7, 11) is 4.10. The van der Waals surface area contributed by atoms with Crippen LogP contribution in [0.3, 0.4) is 0 Å². The van der Waals surface area contributed by atoms with Gasteiger partial charge in [0.25, 0.3) is 0 Å². The van der Waals surface area contributed by atoms with Gasteiger partial charge >= 0.3 is 0 Å². The molecule has 1 unspecified atom stereocenters. The fourth-order valence-corrected chi connectivity index (χ4v) is 2.73. The van der Waals surface area contributed by atoms with E-state index >= 15 is 0 Å². The summed E-state index contributed by atoms with van der Waals surface area (Å²) in [4.78, 5) is 11.1. The highest BCUT2D eigenvalue weighted by Crippen LogP contribution is 2.28. The first-order valence-corrected chi connectivity index (χ1v) is 7.10. The van der Waals surface area contributed by atoms with Crippen molar-refractivity contribution in [2.45, 2.75) is 38.6 Å². The van der Waals surface area contributed by atoms with Gasteiger partial charge in [-0.1, -0.05) is 13.8 Å². The maximum atomic E-state index is 4.41. The van der Waals surface area contributed by atoms with Crippen molar-refractivity contribution < 1.29 is 0 Å². The van der Waals surface area contributed by atoms with Crippen LogP contribution in [0.2, 0.25) is 0 Å². The van der Waals surface area contributed by atoms with E-state index in [9.17, 15) is 0 Å². The van der Waals surface area contributed by atoms with Crippen molar-refractivity contribution in [2.24, 2.45) is 0 Å². The molecule has 1 fully saturated rings. The highest BCUT2D eigenvalue weighted by molar-refractivity contribution is 5.58. The Morgan fingerprint density at radius 3 is 2.68 bits per heavy atom. The lowest BCUT2D eigenvalue weighted by atomic mass is 10.0. The Balaban J connectivity index is 2.11. The molecule has 106 valence electrons. The third kappa shape index (κ3) is 3.15. The minimum absolute atomic E-state index is 0.396. The second kappa shape index (κ2) is 6.19. The van der Waals surface area contributed by atoms with Crippen molar-refractivity contribution in [2.75, 3.05) is 37.8 Å². The summed E-state index contributed by atoms with van der Waals surface area (Å²) in [6, 6.07) is 0.619. The van der Waals surface area contributed by atoms with Crippen LogP contribution in [0.25, 0.3) is 0 Å². The molecule has 0 radical (unpaired) electrons. The van der Waals surface area contributed by atoms with Gasteiger partial charge in [0, 0.05) is 25.2 Å². The number of rotatable bonds is 5. The van der Waals surface area contributed by atoms with Gasteiger partial charge in [0.05, 0.1) is 0 Å². The fraction of sp³-hybridized carbons (Fsp3) is 0.714. The zero-order chi connectivity index (χ0) is 13.8. The molecule has 1 atom stereocenters. The van der Waals surface area contributed by atoms with Crippen molar-refractivity contribution in [3.63, 3.8) is 0 Å². The van der Waals surface area contributed by atoms with E-state index in [4.69, 9.17) is 0 Å². The molecule has 2 heterocycles. The lowest BCUT2D eigenvalue weighted by Crippen LogP contribution is -2.32. The number of likely N-dealkylation sites (tertiary alicyclic amines) is 1. The van der Waals surface area contributed by atoms with Crippen LogP contribution in [0.1, 0.15) is 38.2 Å². The maximum Gasteiger partial charge on any atom is 0.135 e. The third-order valence-electron chi connectivity index (χ3n) is 3.87. The van der Waals surface area contributed by atoms with Gasteiger partial charge in [0.15, 0.2) is 0 Å². The molecule has 2 N–H and O–H groups in total. The second-order valence-electron chi connectivity index (χ2n) is 5.55. The summed E-state index contributed by atoms with van der Waals surface area (Å²) < 4.78 is 0. The number of likely N-dealkylation sites (N-methyl/N-ethyl adjacent to an activating group) is 1. The maximum absolute atomic E-state index is 4.41. The molecular formula is C14H25N5. The molecule has 0 spiro atoms. The molecule has 1 aliphatic heterocycles. The first kappa shape index (κ1) is 14.1. The van der Waals surface area contributed by atoms with Gasteiger partial charge in [-0.2, -0.15) is 0 Å².